The molecule has 0 fully saturated rings. The van der Waals surface area contributed by atoms with Crippen LogP contribution in [0.4, 0.5) is 0 Å². The predicted octanol–water partition coefficient (Wildman–Crippen LogP) is 4.76. The third kappa shape index (κ3) is 2.91. The van der Waals surface area contributed by atoms with Gasteiger partial charge in [-0.25, -0.2) is 0 Å². The highest BCUT2D eigenvalue weighted by Crippen LogP contribution is 2.58. The second-order valence-corrected chi connectivity index (χ2v) is 7.83. The number of esters is 2. The van der Waals surface area contributed by atoms with Crippen LogP contribution in [0, 0.1) is 5.41 Å². The molecule has 4 rings (SSSR count). The molecular formula is C23H26O4. The fraction of sp³-hybridized carbons (Fsp3) is 0.478. The van der Waals surface area contributed by atoms with E-state index in [0.717, 1.165) is 38.5 Å². The SMILES string of the molecule is CCC12CCC3=C(CCc4cc(OC(C)=O)ccc43)C1=CCC2OC(C)=O. The number of hydrogen-bond donors (Lipinski definition) is 0. The molecule has 3 aliphatic rings. The molecule has 3 aliphatic carbocycles. The van der Waals surface area contributed by atoms with Gasteiger partial charge in [-0.2, -0.15) is 0 Å². The first kappa shape index (κ1) is 18.0. The number of fused-ring (bicyclic) bond motifs is 4. The minimum Gasteiger partial charge on any atom is -0.461 e. The molecule has 0 aliphatic heterocycles. The smallest absolute Gasteiger partial charge is 0.308 e. The molecule has 142 valence electrons. The maximum Gasteiger partial charge on any atom is 0.308 e. The molecule has 2 atom stereocenters. The maximum absolute atomic E-state index is 11.6. The Bertz CT molecular complexity index is 876. The Morgan fingerprint density at radius 3 is 2.63 bits per heavy atom. The Balaban J connectivity index is 1.71. The molecule has 27 heavy (non-hydrogen) atoms. The summed E-state index contributed by atoms with van der Waals surface area (Å²) in [6.07, 6.45) is 8.03. The van der Waals surface area contributed by atoms with E-state index in [1.54, 1.807) is 0 Å². The van der Waals surface area contributed by atoms with Crippen LogP contribution in [0.5, 0.6) is 5.75 Å². The molecule has 2 unspecified atom stereocenters. The van der Waals surface area contributed by atoms with Crippen LogP contribution in [0.2, 0.25) is 0 Å². The molecule has 4 nitrogen and oxygen atoms in total. The normalized spacial score (nSPS) is 25.9. The Labute approximate surface area is 160 Å². The zero-order valence-electron chi connectivity index (χ0n) is 16.3. The molecule has 0 bridgehead atoms. The van der Waals surface area contributed by atoms with E-state index in [1.165, 1.54) is 41.7 Å². The third-order valence-electron chi connectivity index (χ3n) is 6.45. The average molecular weight is 366 g/mol. The van der Waals surface area contributed by atoms with E-state index in [1.807, 2.05) is 12.1 Å². The van der Waals surface area contributed by atoms with Gasteiger partial charge >= 0.3 is 11.9 Å². The van der Waals surface area contributed by atoms with E-state index in [4.69, 9.17) is 9.47 Å². The molecule has 0 radical (unpaired) electrons. The van der Waals surface area contributed by atoms with Crippen molar-refractivity contribution in [1.29, 1.82) is 0 Å². The summed E-state index contributed by atoms with van der Waals surface area (Å²) in [5.41, 5.74) is 6.79. The van der Waals surface area contributed by atoms with Crippen molar-refractivity contribution in [2.75, 3.05) is 0 Å². The number of carbonyl (C=O) groups is 2. The van der Waals surface area contributed by atoms with Crippen LogP contribution >= 0.6 is 0 Å². The Morgan fingerprint density at radius 2 is 1.93 bits per heavy atom. The van der Waals surface area contributed by atoms with E-state index < -0.39 is 0 Å². The summed E-state index contributed by atoms with van der Waals surface area (Å²) in [5, 5.41) is 0. The number of rotatable bonds is 3. The lowest BCUT2D eigenvalue weighted by Gasteiger charge is -2.43. The summed E-state index contributed by atoms with van der Waals surface area (Å²) in [4.78, 5) is 22.8. The van der Waals surface area contributed by atoms with Crippen LogP contribution in [0.3, 0.4) is 0 Å². The van der Waals surface area contributed by atoms with Crippen LogP contribution in [-0.2, 0) is 20.7 Å². The van der Waals surface area contributed by atoms with Gasteiger partial charge in [0.2, 0.25) is 0 Å². The van der Waals surface area contributed by atoms with Crippen molar-refractivity contribution >= 4 is 17.5 Å². The highest BCUT2D eigenvalue weighted by molar-refractivity contribution is 5.80. The van der Waals surface area contributed by atoms with Crippen molar-refractivity contribution in [3.63, 3.8) is 0 Å². The molecule has 0 saturated heterocycles. The number of aryl methyl sites for hydroxylation is 1. The fourth-order valence-electron chi connectivity index (χ4n) is 5.31. The summed E-state index contributed by atoms with van der Waals surface area (Å²) in [5.74, 6) is 0.150. The van der Waals surface area contributed by atoms with E-state index in [-0.39, 0.29) is 23.5 Å². The number of carbonyl (C=O) groups excluding carboxylic acids is 2. The predicted molar refractivity (Wildman–Crippen MR) is 103 cm³/mol. The first-order chi connectivity index (χ1) is 12.9. The molecule has 0 amide bonds. The van der Waals surface area contributed by atoms with Crippen molar-refractivity contribution in [3.05, 3.63) is 46.5 Å². The monoisotopic (exact) mass is 366 g/mol. The van der Waals surface area contributed by atoms with E-state index >= 15 is 0 Å². The van der Waals surface area contributed by atoms with Gasteiger partial charge in [-0.15, -0.1) is 0 Å². The van der Waals surface area contributed by atoms with Crippen molar-refractivity contribution < 1.29 is 19.1 Å². The topological polar surface area (TPSA) is 52.6 Å². The van der Waals surface area contributed by atoms with Crippen LogP contribution in [0.1, 0.15) is 64.0 Å². The Hall–Kier alpha value is -2.36. The van der Waals surface area contributed by atoms with Crippen LogP contribution in [0.15, 0.2) is 35.4 Å². The lowest BCUT2D eigenvalue weighted by molar-refractivity contribution is -0.151. The van der Waals surface area contributed by atoms with Gasteiger partial charge in [-0.05, 0) is 72.1 Å². The molecule has 4 heteroatoms. The van der Waals surface area contributed by atoms with E-state index in [2.05, 4.69) is 19.1 Å². The first-order valence-electron chi connectivity index (χ1n) is 9.86. The van der Waals surface area contributed by atoms with Crippen LogP contribution < -0.4 is 4.74 Å². The minimum absolute atomic E-state index is 0.0281. The number of allylic oxidation sites excluding steroid dienone is 2. The third-order valence-corrected chi connectivity index (χ3v) is 6.45. The van der Waals surface area contributed by atoms with Gasteiger partial charge in [0.25, 0.3) is 0 Å². The molecule has 0 N–H and O–H groups in total. The molecule has 0 aromatic heterocycles. The lowest BCUT2D eigenvalue weighted by Crippen LogP contribution is -2.38. The zero-order chi connectivity index (χ0) is 19.2. The summed E-state index contributed by atoms with van der Waals surface area (Å²) in [6, 6.07) is 6.00. The number of hydrogen-bond acceptors (Lipinski definition) is 4. The van der Waals surface area contributed by atoms with Crippen LogP contribution in [0.25, 0.3) is 5.57 Å². The molecule has 0 heterocycles. The highest BCUT2D eigenvalue weighted by Gasteiger charge is 2.49. The van der Waals surface area contributed by atoms with Gasteiger partial charge in [-0.3, -0.25) is 9.59 Å². The van der Waals surface area contributed by atoms with Gasteiger partial charge in [-0.1, -0.05) is 19.1 Å². The van der Waals surface area contributed by atoms with Gasteiger partial charge < -0.3 is 9.47 Å². The lowest BCUT2D eigenvalue weighted by atomic mass is 9.63. The van der Waals surface area contributed by atoms with Crippen molar-refractivity contribution in [1.82, 2.24) is 0 Å². The van der Waals surface area contributed by atoms with Crippen molar-refractivity contribution in [2.24, 2.45) is 5.41 Å². The molecule has 0 saturated carbocycles. The number of ether oxygens (including phenoxy) is 2. The quantitative estimate of drug-likeness (QED) is 0.571. The van der Waals surface area contributed by atoms with Crippen LogP contribution in [-0.4, -0.2) is 18.0 Å². The van der Waals surface area contributed by atoms with Gasteiger partial charge in [0.05, 0.1) is 0 Å². The zero-order valence-corrected chi connectivity index (χ0v) is 16.3. The highest BCUT2D eigenvalue weighted by atomic mass is 16.5. The molecular weight excluding hydrogens is 340 g/mol. The second-order valence-electron chi connectivity index (χ2n) is 7.83. The van der Waals surface area contributed by atoms with Gasteiger partial charge in [0.1, 0.15) is 11.9 Å². The van der Waals surface area contributed by atoms with Crippen molar-refractivity contribution in [2.45, 2.75) is 65.4 Å². The Kier molecular flexibility index (Phi) is 4.45. The summed E-state index contributed by atoms with van der Waals surface area (Å²) in [7, 11) is 0. The molecule has 1 aromatic carbocycles. The van der Waals surface area contributed by atoms with E-state index in [0.29, 0.717) is 5.75 Å². The fourth-order valence-corrected chi connectivity index (χ4v) is 5.31. The summed E-state index contributed by atoms with van der Waals surface area (Å²) >= 11 is 0. The summed E-state index contributed by atoms with van der Waals surface area (Å²) < 4.78 is 11.0. The molecule has 1 aromatic rings. The van der Waals surface area contributed by atoms with Gasteiger partial charge in [0.15, 0.2) is 0 Å². The standard InChI is InChI=1S/C23H26O4/c1-4-23-12-11-19-18-8-6-17(26-14(2)24)13-16(18)5-7-20(19)21(23)9-10-22(23)27-15(3)25/h6,8-9,13,22H,4-5,7,10-12H2,1-3H3. The largest absolute Gasteiger partial charge is 0.461 e. The maximum atomic E-state index is 11.6. The number of benzene rings is 1. The average Bonchev–Trinajstić information content (AvgIpc) is 2.99. The summed E-state index contributed by atoms with van der Waals surface area (Å²) in [6.45, 7) is 5.15. The van der Waals surface area contributed by atoms with Gasteiger partial charge in [0, 0.05) is 25.7 Å². The minimum atomic E-state index is -0.288. The molecule has 0 spiro atoms. The first-order valence-corrected chi connectivity index (χ1v) is 9.86. The Morgan fingerprint density at radius 1 is 1.11 bits per heavy atom. The van der Waals surface area contributed by atoms with E-state index in [9.17, 15) is 9.59 Å². The second kappa shape index (κ2) is 6.66. The van der Waals surface area contributed by atoms with Crippen molar-refractivity contribution in [3.8, 4) is 5.75 Å².